The van der Waals surface area contributed by atoms with Gasteiger partial charge in [-0.15, -0.1) is 11.3 Å². The Bertz CT molecular complexity index is 446. The van der Waals surface area contributed by atoms with Crippen molar-refractivity contribution in [3.8, 4) is 0 Å². The molecule has 1 unspecified atom stereocenters. The van der Waals surface area contributed by atoms with Gasteiger partial charge in [-0.25, -0.2) is 4.98 Å². The van der Waals surface area contributed by atoms with Crippen LogP contribution < -0.4 is 5.73 Å². The number of benzene rings is 1. The SMILES string of the molecule is COCC(C)(N)Cc1nc2ccccc2s1. The Hall–Kier alpha value is -0.970. The first-order chi connectivity index (χ1) is 7.61. The molecule has 0 aliphatic heterocycles. The monoisotopic (exact) mass is 236 g/mol. The van der Waals surface area contributed by atoms with Crippen LogP contribution in [0.1, 0.15) is 11.9 Å². The number of rotatable bonds is 4. The van der Waals surface area contributed by atoms with Crippen molar-refractivity contribution in [1.82, 2.24) is 4.98 Å². The van der Waals surface area contributed by atoms with E-state index in [1.54, 1.807) is 18.4 Å². The van der Waals surface area contributed by atoms with Gasteiger partial charge < -0.3 is 10.5 Å². The first-order valence-corrected chi connectivity index (χ1v) is 6.05. The van der Waals surface area contributed by atoms with Gasteiger partial charge >= 0.3 is 0 Å². The smallest absolute Gasteiger partial charge is 0.0957 e. The lowest BCUT2D eigenvalue weighted by Crippen LogP contribution is -2.43. The summed E-state index contributed by atoms with van der Waals surface area (Å²) in [6, 6.07) is 8.14. The molecule has 3 nitrogen and oxygen atoms in total. The summed E-state index contributed by atoms with van der Waals surface area (Å²) in [4.78, 5) is 4.56. The highest BCUT2D eigenvalue weighted by Gasteiger charge is 2.20. The van der Waals surface area contributed by atoms with E-state index in [0.717, 1.165) is 16.9 Å². The number of ether oxygens (including phenoxy) is 1. The standard InChI is InChI=1S/C12H16N2OS/c1-12(13,8-15-2)7-11-14-9-5-3-4-6-10(9)16-11/h3-6H,7-8,13H2,1-2H3. The molecule has 0 saturated heterocycles. The number of para-hydroxylation sites is 1. The number of thiazole rings is 1. The molecular weight excluding hydrogens is 220 g/mol. The van der Waals surface area contributed by atoms with Crippen molar-refractivity contribution in [2.45, 2.75) is 18.9 Å². The van der Waals surface area contributed by atoms with Crippen molar-refractivity contribution >= 4 is 21.6 Å². The number of methoxy groups -OCH3 is 1. The van der Waals surface area contributed by atoms with E-state index in [2.05, 4.69) is 11.1 Å². The largest absolute Gasteiger partial charge is 0.383 e. The third-order valence-corrected chi connectivity index (χ3v) is 3.40. The molecule has 2 N–H and O–H groups in total. The molecule has 0 fully saturated rings. The van der Waals surface area contributed by atoms with Crippen LogP contribution in [0.4, 0.5) is 0 Å². The van der Waals surface area contributed by atoms with Gasteiger partial charge in [0.25, 0.3) is 0 Å². The van der Waals surface area contributed by atoms with Gasteiger partial charge in [0.05, 0.1) is 21.8 Å². The fraction of sp³-hybridized carbons (Fsp3) is 0.417. The van der Waals surface area contributed by atoms with Crippen LogP contribution in [0.5, 0.6) is 0 Å². The molecular formula is C12H16N2OS. The van der Waals surface area contributed by atoms with Crippen LogP contribution in [-0.2, 0) is 11.2 Å². The van der Waals surface area contributed by atoms with Crippen LogP contribution >= 0.6 is 11.3 Å². The minimum atomic E-state index is -0.345. The maximum atomic E-state index is 6.12. The normalized spacial score (nSPS) is 15.2. The molecule has 1 atom stereocenters. The molecule has 1 aromatic carbocycles. The van der Waals surface area contributed by atoms with Gasteiger partial charge in [-0.2, -0.15) is 0 Å². The average Bonchev–Trinajstić information content (AvgIpc) is 2.58. The van der Waals surface area contributed by atoms with E-state index in [4.69, 9.17) is 10.5 Å². The maximum Gasteiger partial charge on any atom is 0.0957 e. The number of nitrogens with two attached hydrogens (primary N) is 1. The minimum Gasteiger partial charge on any atom is -0.383 e. The Morgan fingerprint density at radius 2 is 2.19 bits per heavy atom. The molecule has 0 amide bonds. The van der Waals surface area contributed by atoms with Crippen LogP contribution in [0.2, 0.25) is 0 Å². The topological polar surface area (TPSA) is 48.1 Å². The van der Waals surface area contributed by atoms with Gasteiger partial charge in [0.2, 0.25) is 0 Å². The molecule has 0 aliphatic carbocycles. The van der Waals surface area contributed by atoms with Crippen LogP contribution in [0.25, 0.3) is 10.2 Å². The Morgan fingerprint density at radius 1 is 1.44 bits per heavy atom. The molecule has 16 heavy (non-hydrogen) atoms. The zero-order chi connectivity index (χ0) is 11.6. The first-order valence-electron chi connectivity index (χ1n) is 5.23. The molecule has 0 spiro atoms. The van der Waals surface area contributed by atoms with Crippen molar-refractivity contribution in [2.75, 3.05) is 13.7 Å². The average molecular weight is 236 g/mol. The fourth-order valence-electron chi connectivity index (χ4n) is 1.72. The van der Waals surface area contributed by atoms with Crippen molar-refractivity contribution in [2.24, 2.45) is 5.73 Å². The summed E-state index contributed by atoms with van der Waals surface area (Å²) in [7, 11) is 1.67. The number of fused-ring (bicyclic) bond motifs is 1. The lowest BCUT2D eigenvalue weighted by molar-refractivity contribution is 0.141. The summed E-state index contributed by atoms with van der Waals surface area (Å²) in [6.45, 7) is 2.53. The number of nitrogens with zero attached hydrogens (tertiary/aromatic N) is 1. The minimum absolute atomic E-state index is 0.345. The van der Waals surface area contributed by atoms with Gasteiger partial charge in [-0.3, -0.25) is 0 Å². The second kappa shape index (κ2) is 4.49. The summed E-state index contributed by atoms with van der Waals surface area (Å²) >= 11 is 1.70. The molecule has 1 heterocycles. The molecule has 0 saturated carbocycles. The van der Waals surface area contributed by atoms with Crippen molar-refractivity contribution in [3.63, 3.8) is 0 Å². The quantitative estimate of drug-likeness (QED) is 0.885. The van der Waals surface area contributed by atoms with Gasteiger partial charge in [0.15, 0.2) is 0 Å². The van der Waals surface area contributed by atoms with Gasteiger partial charge in [-0.1, -0.05) is 12.1 Å². The fourth-order valence-corrected chi connectivity index (χ4v) is 2.89. The van der Waals surface area contributed by atoms with Crippen LogP contribution in [0.3, 0.4) is 0 Å². The van der Waals surface area contributed by atoms with Gasteiger partial charge in [-0.05, 0) is 19.1 Å². The highest BCUT2D eigenvalue weighted by atomic mass is 32.1. The third kappa shape index (κ3) is 2.58. The van der Waals surface area contributed by atoms with E-state index in [0.29, 0.717) is 6.61 Å². The number of hydrogen-bond acceptors (Lipinski definition) is 4. The van der Waals surface area contributed by atoms with Crippen LogP contribution in [0, 0.1) is 0 Å². The highest BCUT2D eigenvalue weighted by Crippen LogP contribution is 2.24. The molecule has 4 heteroatoms. The molecule has 2 rings (SSSR count). The molecule has 86 valence electrons. The highest BCUT2D eigenvalue weighted by molar-refractivity contribution is 7.18. The lowest BCUT2D eigenvalue weighted by atomic mass is 10.0. The Kier molecular flexibility index (Phi) is 3.23. The Labute approximate surface area is 99.3 Å². The van der Waals surface area contributed by atoms with Crippen LogP contribution in [-0.4, -0.2) is 24.2 Å². The van der Waals surface area contributed by atoms with Crippen molar-refractivity contribution in [1.29, 1.82) is 0 Å². The van der Waals surface area contributed by atoms with E-state index >= 15 is 0 Å². The van der Waals surface area contributed by atoms with E-state index in [1.807, 2.05) is 25.1 Å². The molecule has 0 bridgehead atoms. The van der Waals surface area contributed by atoms with Crippen molar-refractivity contribution in [3.05, 3.63) is 29.3 Å². The predicted molar refractivity (Wildman–Crippen MR) is 67.8 cm³/mol. The maximum absolute atomic E-state index is 6.12. The summed E-state index contributed by atoms with van der Waals surface area (Å²) in [5, 5.41) is 1.07. The number of hydrogen-bond donors (Lipinski definition) is 1. The van der Waals surface area contributed by atoms with Gasteiger partial charge in [0, 0.05) is 19.1 Å². The second-order valence-corrected chi connectivity index (χ2v) is 5.45. The molecule has 0 aliphatic rings. The summed E-state index contributed by atoms with van der Waals surface area (Å²) in [6.07, 6.45) is 0.750. The van der Waals surface area contributed by atoms with E-state index in [-0.39, 0.29) is 5.54 Å². The molecule has 2 aromatic rings. The zero-order valence-electron chi connectivity index (χ0n) is 9.56. The Morgan fingerprint density at radius 3 is 2.88 bits per heavy atom. The van der Waals surface area contributed by atoms with Gasteiger partial charge in [0.1, 0.15) is 0 Å². The van der Waals surface area contributed by atoms with E-state index < -0.39 is 0 Å². The summed E-state index contributed by atoms with van der Waals surface area (Å²) in [5.41, 5.74) is 6.83. The lowest BCUT2D eigenvalue weighted by Gasteiger charge is -2.21. The summed E-state index contributed by atoms with van der Waals surface area (Å²) < 4.78 is 6.32. The first kappa shape index (κ1) is 11.5. The zero-order valence-corrected chi connectivity index (χ0v) is 10.4. The second-order valence-electron chi connectivity index (χ2n) is 4.34. The van der Waals surface area contributed by atoms with E-state index in [9.17, 15) is 0 Å². The van der Waals surface area contributed by atoms with Crippen LogP contribution in [0.15, 0.2) is 24.3 Å². The number of aromatic nitrogens is 1. The Balaban J connectivity index is 2.21. The molecule has 0 radical (unpaired) electrons. The predicted octanol–water partition coefficient (Wildman–Crippen LogP) is 2.20. The summed E-state index contributed by atoms with van der Waals surface area (Å²) in [5.74, 6) is 0. The third-order valence-electron chi connectivity index (χ3n) is 2.37. The van der Waals surface area contributed by atoms with Crippen molar-refractivity contribution < 1.29 is 4.74 Å². The molecule has 1 aromatic heterocycles. The van der Waals surface area contributed by atoms with E-state index in [1.165, 1.54) is 4.70 Å².